The van der Waals surface area contributed by atoms with Crippen LogP contribution < -0.4 is 5.32 Å². The summed E-state index contributed by atoms with van der Waals surface area (Å²) in [6.07, 6.45) is 0. The van der Waals surface area contributed by atoms with Gasteiger partial charge in [-0.1, -0.05) is 39.1 Å². The van der Waals surface area contributed by atoms with Crippen molar-refractivity contribution in [1.82, 2.24) is 4.98 Å². The number of benzene rings is 1. The van der Waals surface area contributed by atoms with Gasteiger partial charge in [-0.3, -0.25) is 0 Å². The standard InChI is InChI=1S/C13H11BrCl2N2/c1-8-12(4-5-13(16)18-8)17-7-9-6-10(15)2-3-11(9)14/h2-6,17H,7H2,1H3. The van der Waals surface area contributed by atoms with Gasteiger partial charge in [0.2, 0.25) is 0 Å². The van der Waals surface area contributed by atoms with Crippen LogP contribution in [0.5, 0.6) is 0 Å². The summed E-state index contributed by atoms with van der Waals surface area (Å²) in [6, 6.07) is 9.40. The molecule has 0 bridgehead atoms. The smallest absolute Gasteiger partial charge is 0.129 e. The van der Waals surface area contributed by atoms with Crippen molar-refractivity contribution in [3.05, 3.63) is 56.2 Å². The summed E-state index contributed by atoms with van der Waals surface area (Å²) >= 11 is 15.3. The minimum atomic E-state index is 0.502. The Morgan fingerprint density at radius 3 is 2.72 bits per heavy atom. The second-order valence-corrected chi connectivity index (χ2v) is 5.53. The lowest BCUT2D eigenvalue weighted by atomic mass is 10.2. The predicted molar refractivity (Wildman–Crippen MR) is 80.5 cm³/mol. The highest BCUT2D eigenvalue weighted by Gasteiger charge is 2.03. The second kappa shape index (κ2) is 5.91. The van der Waals surface area contributed by atoms with E-state index in [0.29, 0.717) is 11.7 Å². The molecule has 1 aromatic heterocycles. The Bertz CT molecular complexity index is 573. The highest BCUT2D eigenvalue weighted by atomic mass is 79.9. The zero-order valence-corrected chi connectivity index (χ0v) is 12.8. The summed E-state index contributed by atoms with van der Waals surface area (Å²) in [6.45, 7) is 2.59. The van der Waals surface area contributed by atoms with E-state index in [-0.39, 0.29) is 0 Å². The molecule has 0 fully saturated rings. The number of aryl methyl sites for hydroxylation is 1. The number of nitrogens with zero attached hydrogens (tertiary/aromatic N) is 1. The van der Waals surface area contributed by atoms with Crippen molar-refractivity contribution in [2.75, 3.05) is 5.32 Å². The maximum Gasteiger partial charge on any atom is 0.129 e. The average Bonchev–Trinajstić information content (AvgIpc) is 2.32. The van der Waals surface area contributed by atoms with Gasteiger partial charge in [0.15, 0.2) is 0 Å². The first-order valence-corrected chi connectivity index (χ1v) is 6.92. The van der Waals surface area contributed by atoms with Crippen LogP contribution >= 0.6 is 39.1 Å². The third-order valence-electron chi connectivity index (χ3n) is 2.53. The van der Waals surface area contributed by atoms with Gasteiger partial charge in [-0.25, -0.2) is 4.98 Å². The molecule has 0 unspecified atom stereocenters. The SMILES string of the molecule is Cc1nc(Cl)ccc1NCc1cc(Cl)ccc1Br. The number of aromatic nitrogens is 1. The van der Waals surface area contributed by atoms with E-state index in [2.05, 4.69) is 26.2 Å². The summed E-state index contributed by atoms with van der Waals surface area (Å²) in [5, 5.41) is 4.54. The molecule has 0 saturated heterocycles. The fraction of sp³-hybridized carbons (Fsp3) is 0.154. The molecular weight excluding hydrogens is 335 g/mol. The molecule has 0 aliphatic rings. The summed E-state index contributed by atoms with van der Waals surface area (Å²) in [5.41, 5.74) is 2.93. The lowest BCUT2D eigenvalue weighted by Gasteiger charge is -2.10. The molecule has 0 radical (unpaired) electrons. The van der Waals surface area contributed by atoms with Crippen LogP contribution in [0.25, 0.3) is 0 Å². The molecule has 0 saturated carbocycles. The fourth-order valence-corrected chi connectivity index (χ4v) is 2.36. The van der Waals surface area contributed by atoms with E-state index in [0.717, 1.165) is 26.4 Å². The monoisotopic (exact) mass is 344 g/mol. The molecule has 2 rings (SSSR count). The van der Waals surface area contributed by atoms with Crippen LogP contribution in [0, 0.1) is 6.92 Å². The van der Waals surface area contributed by atoms with Crippen molar-refractivity contribution < 1.29 is 0 Å². The van der Waals surface area contributed by atoms with Crippen LogP contribution in [0.3, 0.4) is 0 Å². The Balaban J connectivity index is 2.13. The van der Waals surface area contributed by atoms with E-state index < -0.39 is 0 Å². The molecule has 1 heterocycles. The second-order valence-electron chi connectivity index (χ2n) is 3.86. The maximum atomic E-state index is 5.97. The lowest BCUT2D eigenvalue weighted by Crippen LogP contribution is -2.02. The third-order valence-corrected chi connectivity index (χ3v) is 3.75. The molecule has 0 aliphatic carbocycles. The Hall–Kier alpha value is -0.770. The Kier molecular flexibility index (Phi) is 4.49. The zero-order chi connectivity index (χ0) is 13.1. The van der Waals surface area contributed by atoms with Gasteiger partial charge in [0.1, 0.15) is 5.15 Å². The van der Waals surface area contributed by atoms with E-state index >= 15 is 0 Å². The van der Waals surface area contributed by atoms with Gasteiger partial charge in [0.25, 0.3) is 0 Å². The molecule has 1 aromatic carbocycles. The van der Waals surface area contributed by atoms with Gasteiger partial charge in [-0.15, -0.1) is 0 Å². The number of anilines is 1. The summed E-state index contributed by atoms with van der Waals surface area (Å²) in [5.74, 6) is 0. The van der Waals surface area contributed by atoms with Gasteiger partial charge >= 0.3 is 0 Å². The number of nitrogens with one attached hydrogen (secondary N) is 1. The Morgan fingerprint density at radius 1 is 1.22 bits per heavy atom. The van der Waals surface area contributed by atoms with Crippen LogP contribution in [-0.4, -0.2) is 4.98 Å². The van der Waals surface area contributed by atoms with Gasteiger partial charge in [-0.05, 0) is 42.8 Å². The van der Waals surface area contributed by atoms with E-state index in [9.17, 15) is 0 Å². The Labute approximate surface area is 124 Å². The van der Waals surface area contributed by atoms with Gasteiger partial charge in [-0.2, -0.15) is 0 Å². The Morgan fingerprint density at radius 2 is 2.00 bits per heavy atom. The van der Waals surface area contributed by atoms with Crippen LogP contribution in [0.2, 0.25) is 10.2 Å². The van der Waals surface area contributed by atoms with E-state index in [1.54, 1.807) is 6.07 Å². The van der Waals surface area contributed by atoms with Crippen LogP contribution in [0.4, 0.5) is 5.69 Å². The van der Waals surface area contributed by atoms with Crippen molar-refractivity contribution >= 4 is 44.8 Å². The van der Waals surface area contributed by atoms with Crippen molar-refractivity contribution in [2.24, 2.45) is 0 Å². The molecule has 0 amide bonds. The van der Waals surface area contributed by atoms with Crippen molar-refractivity contribution in [3.63, 3.8) is 0 Å². The largest absolute Gasteiger partial charge is 0.379 e. The highest BCUT2D eigenvalue weighted by Crippen LogP contribution is 2.23. The molecule has 18 heavy (non-hydrogen) atoms. The molecule has 2 aromatic rings. The van der Waals surface area contributed by atoms with Crippen molar-refractivity contribution in [2.45, 2.75) is 13.5 Å². The first-order valence-electron chi connectivity index (χ1n) is 5.37. The molecule has 5 heteroatoms. The quantitative estimate of drug-likeness (QED) is 0.785. The molecule has 0 aliphatic heterocycles. The van der Waals surface area contributed by atoms with E-state index in [4.69, 9.17) is 23.2 Å². The molecule has 0 atom stereocenters. The highest BCUT2D eigenvalue weighted by molar-refractivity contribution is 9.10. The third kappa shape index (κ3) is 3.37. The minimum absolute atomic E-state index is 0.502. The predicted octanol–water partition coefficient (Wildman–Crippen LogP) is 5.07. The number of rotatable bonds is 3. The normalized spacial score (nSPS) is 10.4. The van der Waals surface area contributed by atoms with E-state index in [1.807, 2.05) is 31.2 Å². The zero-order valence-electron chi connectivity index (χ0n) is 9.67. The summed E-state index contributed by atoms with van der Waals surface area (Å²) in [7, 11) is 0. The molecule has 94 valence electrons. The fourth-order valence-electron chi connectivity index (χ4n) is 1.59. The van der Waals surface area contributed by atoms with E-state index in [1.165, 1.54) is 0 Å². The van der Waals surface area contributed by atoms with Crippen LogP contribution in [-0.2, 0) is 6.54 Å². The lowest BCUT2D eigenvalue weighted by molar-refractivity contribution is 1.10. The van der Waals surface area contributed by atoms with Gasteiger partial charge in [0, 0.05) is 16.0 Å². The number of hydrogen-bond acceptors (Lipinski definition) is 2. The number of halogens is 3. The van der Waals surface area contributed by atoms with Crippen molar-refractivity contribution in [1.29, 1.82) is 0 Å². The number of hydrogen-bond donors (Lipinski definition) is 1. The molecule has 1 N–H and O–H groups in total. The molecule has 0 spiro atoms. The number of pyridine rings is 1. The van der Waals surface area contributed by atoms with Crippen LogP contribution in [0.15, 0.2) is 34.8 Å². The first-order chi connectivity index (χ1) is 8.56. The van der Waals surface area contributed by atoms with Crippen LogP contribution in [0.1, 0.15) is 11.3 Å². The summed E-state index contributed by atoms with van der Waals surface area (Å²) < 4.78 is 1.03. The first kappa shape index (κ1) is 13.7. The minimum Gasteiger partial charge on any atom is -0.379 e. The van der Waals surface area contributed by atoms with Crippen molar-refractivity contribution in [3.8, 4) is 0 Å². The molecular formula is C13H11BrCl2N2. The maximum absolute atomic E-state index is 5.97. The topological polar surface area (TPSA) is 24.9 Å². The molecule has 2 nitrogen and oxygen atoms in total. The van der Waals surface area contributed by atoms with Gasteiger partial charge in [0.05, 0.1) is 11.4 Å². The van der Waals surface area contributed by atoms with Gasteiger partial charge < -0.3 is 5.32 Å². The average molecular weight is 346 g/mol. The summed E-state index contributed by atoms with van der Waals surface area (Å²) in [4.78, 5) is 4.19.